The minimum atomic E-state index is -2.09. The normalized spacial score (nSPS) is 12.1. The topological polar surface area (TPSA) is 89.7 Å². The lowest BCUT2D eigenvalue weighted by atomic mass is 9.99. The number of pyridine rings is 6. The highest BCUT2D eigenvalue weighted by atomic mass is 19.1. The van der Waals surface area contributed by atoms with Crippen LogP contribution in [0.25, 0.3) is 133 Å². The molecule has 0 saturated heterocycles. The van der Waals surface area contributed by atoms with Gasteiger partial charge in [0.15, 0.2) is 35.3 Å². The highest BCUT2D eigenvalue weighted by Crippen LogP contribution is 2.40. The number of fused-ring (bicyclic) bond motifs is 9. The van der Waals surface area contributed by atoms with Crippen LogP contribution in [0.3, 0.4) is 0 Å². The van der Waals surface area contributed by atoms with Gasteiger partial charge in [-0.2, -0.15) is 0 Å². The Bertz CT molecular complexity index is 5250. The Morgan fingerprint density at radius 2 is 0.651 bits per heavy atom. The first-order valence-corrected chi connectivity index (χ1v) is 28.7. The summed E-state index contributed by atoms with van der Waals surface area (Å²) in [7, 11) is 6.12. The van der Waals surface area contributed by atoms with E-state index in [4.69, 9.17) is 17.4 Å². The molecule has 9 nitrogen and oxygen atoms in total. The first-order valence-electron chi connectivity index (χ1n) is 30.2. The van der Waals surface area contributed by atoms with Crippen LogP contribution >= 0.6 is 0 Å². The number of nitrogens with zero attached hydrogens (tertiary/aromatic N) is 6. The van der Waals surface area contributed by atoms with Gasteiger partial charge in [0, 0.05) is 88.4 Å². The Hall–Kier alpha value is -10.5. The maximum absolute atomic E-state index is 13.3. The van der Waals surface area contributed by atoms with Crippen molar-refractivity contribution in [2.24, 2.45) is 21.1 Å². The van der Waals surface area contributed by atoms with Crippen LogP contribution < -0.4 is 13.7 Å². The fourth-order valence-electron chi connectivity index (χ4n) is 11.7. The second kappa shape index (κ2) is 22.3. The average Bonchev–Trinajstić information content (AvgIpc) is 2.27. The molecule has 86 heavy (non-hydrogen) atoms. The smallest absolute Gasteiger partial charge is 0.227 e. The van der Waals surface area contributed by atoms with Crippen molar-refractivity contribution in [3.05, 3.63) is 252 Å². The number of aromatic nitrogens is 6. The number of benzene rings is 6. The summed E-state index contributed by atoms with van der Waals surface area (Å²) in [5.41, 5.74) is 24.1. The van der Waals surface area contributed by atoms with E-state index in [2.05, 4.69) is 190 Å². The lowest BCUT2D eigenvalue weighted by Crippen LogP contribution is -2.31. The third-order valence-corrected chi connectivity index (χ3v) is 16.2. The van der Waals surface area contributed by atoms with E-state index in [0.29, 0.717) is 22.7 Å². The molecule has 0 spiro atoms. The van der Waals surface area contributed by atoms with Crippen molar-refractivity contribution in [3.8, 4) is 67.2 Å². The largest absolute Gasteiger partial charge is 0.437 e. The van der Waals surface area contributed by atoms with Crippen molar-refractivity contribution in [1.29, 1.82) is 0 Å². The predicted octanol–water partition coefficient (Wildman–Crippen LogP) is 17.7. The second-order valence-electron chi connectivity index (χ2n) is 22.3. The third-order valence-electron chi connectivity index (χ3n) is 16.2. The van der Waals surface area contributed by atoms with Crippen molar-refractivity contribution in [1.82, 2.24) is 15.0 Å². The number of furan rings is 3. The van der Waals surface area contributed by atoms with Gasteiger partial charge < -0.3 is 13.3 Å². The first kappa shape index (κ1) is 51.2. The van der Waals surface area contributed by atoms with Gasteiger partial charge in [-0.3, -0.25) is 0 Å². The Labute approximate surface area is 502 Å². The Morgan fingerprint density at radius 1 is 0.337 bits per heavy atom. The summed E-state index contributed by atoms with van der Waals surface area (Å²) in [5.74, 6) is -0.231. The van der Waals surface area contributed by atoms with Gasteiger partial charge >= 0.3 is 0 Å². The molecule has 0 N–H and O–H groups in total. The van der Waals surface area contributed by atoms with Crippen molar-refractivity contribution in [2.45, 2.75) is 48.4 Å². The van der Waals surface area contributed by atoms with E-state index in [-0.39, 0.29) is 5.82 Å². The number of halogens is 1. The van der Waals surface area contributed by atoms with Crippen molar-refractivity contribution in [3.63, 3.8) is 0 Å². The molecule has 0 atom stereocenters. The molecule has 15 aromatic rings. The van der Waals surface area contributed by atoms with E-state index in [9.17, 15) is 4.39 Å². The number of aryl methyl sites for hydroxylation is 10. The van der Waals surface area contributed by atoms with E-state index in [1.54, 1.807) is 24.3 Å². The van der Waals surface area contributed by atoms with Gasteiger partial charge in [-0.15, -0.1) is 0 Å². The van der Waals surface area contributed by atoms with Gasteiger partial charge in [0.2, 0.25) is 34.2 Å². The summed E-state index contributed by atoms with van der Waals surface area (Å²) in [6.07, 6.45) is 6.29. The molecule has 0 aliphatic heterocycles. The molecule has 6 aromatic carbocycles. The quantitative estimate of drug-likeness (QED) is 0.154. The maximum Gasteiger partial charge on any atom is 0.227 e. The van der Waals surface area contributed by atoms with Crippen LogP contribution in [-0.2, 0) is 21.1 Å². The molecule has 9 heterocycles. The summed E-state index contributed by atoms with van der Waals surface area (Å²) in [6, 6.07) is 61.7. The minimum Gasteiger partial charge on any atom is -0.437 e. The Morgan fingerprint density at radius 3 is 0.988 bits per heavy atom. The standard InChI is InChI=1S/C26H23N2O.C25H20FN2O.C25H21N2O/c1-16-5-9-19(10-6-16)20-11-14-23(28(4)15-20)24-17(2)7-12-21-22-13-8-18(3)27-26(22)29-25(21)24;1-15-4-11-20-21-12-5-16(2)27-25(21)29-24(20)23(15)22-13-8-18(14-28(22)3)17-6-9-19(26)10-7-17;1-16-9-12-20-21-13-10-17(2)26-25(21)28-24(20)23(16)22-14-11-19(15-27(22)3)18-7-5-4-6-8-18/h5-15H,1-4H3;4-14H,1-3H3;4-15H,1-3H3/q3*+1/i1D3;;. The molecule has 10 heteroatoms. The van der Waals surface area contributed by atoms with Gasteiger partial charge in [0.1, 0.15) is 27.0 Å². The zero-order valence-corrected chi connectivity index (χ0v) is 49.4. The van der Waals surface area contributed by atoms with Crippen molar-refractivity contribution in [2.75, 3.05) is 0 Å². The van der Waals surface area contributed by atoms with Crippen LogP contribution in [0.5, 0.6) is 0 Å². The fraction of sp³-hybridized carbons (Fsp3) is 0.132. The zero-order valence-electron chi connectivity index (χ0n) is 52.4. The summed E-state index contributed by atoms with van der Waals surface area (Å²) >= 11 is 0. The van der Waals surface area contributed by atoms with E-state index in [0.717, 1.165) is 133 Å². The molecule has 15 rings (SSSR count). The van der Waals surface area contributed by atoms with Crippen molar-refractivity contribution >= 4 is 66.2 Å². The monoisotopic (exact) mass is 1130 g/mol. The average molecular weight is 1130 g/mol. The number of hydrogen-bond acceptors (Lipinski definition) is 6. The fourth-order valence-corrected chi connectivity index (χ4v) is 11.7. The van der Waals surface area contributed by atoms with E-state index >= 15 is 0 Å². The van der Waals surface area contributed by atoms with Gasteiger partial charge in [0.05, 0.1) is 16.7 Å². The molecule has 0 aliphatic carbocycles. The Kier molecular flexibility index (Phi) is 13.3. The van der Waals surface area contributed by atoms with Gasteiger partial charge in [-0.1, -0.05) is 109 Å². The van der Waals surface area contributed by atoms with Crippen molar-refractivity contribution < 1.29 is 35.5 Å². The molecule has 0 radical (unpaired) electrons. The number of hydrogen-bond donors (Lipinski definition) is 0. The molecule has 0 aliphatic rings. The summed E-state index contributed by atoms with van der Waals surface area (Å²) in [6.45, 7) is 10.1. The van der Waals surface area contributed by atoms with Crippen LogP contribution in [0, 0.1) is 54.2 Å². The maximum atomic E-state index is 13.3. The van der Waals surface area contributed by atoms with E-state index < -0.39 is 6.85 Å². The molecule has 0 amide bonds. The number of rotatable bonds is 6. The van der Waals surface area contributed by atoms with Crippen LogP contribution in [-0.4, -0.2) is 15.0 Å². The molecular weight excluding hydrogens is 1060 g/mol. The lowest BCUT2D eigenvalue weighted by Gasteiger charge is -2.07. The van der Waals surface area contributed by atoms with Gasteiger partial charge in [0.25, 0.3) is 0 Å². The molecule has 0 unspecified atom stereocenters. The third kappa shape index (κ3) is 10.2. The molecule has 0 fully saturated rings. The summed E-state index contributed by atoms with van der Waals surface area (Å²) < 4.78 is 61.0. The highest BCUT2D eigenvalue weighted by molar-refractivity contribution is 6.11. The van der Waals surface area contributed by atoms with Gasteiger partial charge in [-0.05, 0) is 149 Å². The predicted molar refractivity (Wildman–Crippen MR) is 344 cm³/mol. The Balaban J connectivity index is 0.000000123. The van der Waals surface area contributed by atoms with Crippen LogP contribution in [0.15, 0.2) is 220 Å². The SMILES string of the molecule is Cc1ccc2c(n1)oc1c(-c3ccc(-c4ccc(F)cc4)c[n+]3C)c(C)ccc12.Cc1ccc2c(n1)oc1c(-c3ccc(-c4ccccc4)c[n+]3C)c(C)ccc12.[2H]C([2H])([2H])c1ccc(-c2ccc(-c3c(C)ccc4c3oc3nc(C)ccc34)[n+](C)c2)cc1. The van der Waals surface area contributed by atoms with Gasteiger partial charge in [-0.25, -0.2) is 33.0 Å². The van der Waals surface area contributed by atoms with Crippen LogP contribution in [0.4, 0.5) is 4.39 Å². The molecule has 9 aromatic heterocycles. The van der Waals surface area contributed by atoms with E-state index in [1.165, 1.54) is 28.8 Å². The van der Waals surface area contributed by atoms with E-state index in [1.807, 2.05) is 71.3 Å². The zero-order chi connectivity index (χ0) is 62.0. The minimum absolute atomic E-state index is 0.231. The molecule has 0 bridgehead atoms. The van der Waals surface area contributed by atoms with Crippen LogP contribution in [0.1, 0.15) is 43.4 Å². The van der Waals surface area contributed by atoms with Crippen LogP contribution in [0.2, 0.25) is 0 Å². The highest BCUT2D eigenvalue weighted by Gasteiger charge is 2.25. The second-order valence-corrected chi connectivity index (χ2v) is 22.3. The molecule has 420 valence electrons. The first-order chi connectivity index (χ1) is 42.8. The summed E-state index contributed by atoms with van der Waals surface area (Å²) in [4.78, 5) is 13.7. The summed E-state index contributed by atoms with van der Waals surface area (Å²) in [5, 5.41) is 6.33. The molecule has 0 saturated carbocycles. The molecular formula is C76H64FN6O3+3. The lowest BCUT2D eigenvalue weighted by molar-refractivity contribution is -0.660.